The summed E-state index contributed by atoms with van der Waals surface area (Å²) in [5.74, 6) is -0.599. The van der Waals surface area contributed by atoms with Crippen molar-refractivity contribution in [2.24, 2.45) is 16.8 Å². The van der Waals surface area contributed by atoms with Crippen LogP contribution in [0.15, 0.2) is 20.9 Å². The number of aryl methyl sites for hydroxylation is 1. The fourth-order valence-electron chi connectivity index (χ4n) is 2.77. The van der Waals surface area contributed by atoms with Crippen molar-refractivity contribution in [2.45, 2.75) is 58.0 Å². The van der Waals surface area contributed by atoms with Gasteiger partial charge in [-0.1, -0.05) is 25.4 Å². The van der Waals surface area contributed by atoms with Crippen molar-refractivity contribution in [3.63, 3.8) is 0 Å². The molecule has 27 heavy (non-hydrogen) atoms. The van der Waals surface area contributed by atoms with Crippen LogP contribution in [0.5, 0.6) is 0 Å². The Labute approximate surface area is 155 Å². The molecule has 2 unspecified atom stereocenters. The highest BCUT2D eigenvalue weighted by Crippen LogP contribution is 2.30. The lowest BCUT2D eigenvalue weighted by atomic mass is 10.0. The molecule has 3 N–H and O–H groups in total. The SMILES string of the molecule is CCC(C)C(N)C(=O)OC[C@H]1O[C@@H](n2cc(C)c(=O)[nH]c2=O)C[C@@H]1N=[N+]=[N-]. The summed E-state index contributed by atoms with van der Waals surface area (Å²) < 4.78 is 12.2. The molecule has 1 fully saturated rings. The molecule has 0 aromatic carbocycles. The highest BCUT2D eigenvalue weighted by molar-refractivity contribution is 5.75. The van der Waals surface area contributed by atoms with Gasteiger partial charge in [0.15, 0.2) is 0 Å². The second kappa shape index (κ2) is 8.85. The first-order chi connectivity index (χ1) is 12.8. The van der Waals surface area contributed by atoms with Gasteiger partial charge in [0.1, 0.15) is 25.0 Å². The van der Waals surface area contributed by atoms with Crippen LogP contribution in [-0.4, -0.2) is 40.3 Å². The Kier molecular flexibility index (Phi) is 6.78. The predicted molar refractivity (Wildman–Crippen MR) is 95.9 cm³/mol. The molecule has 2 rings (SSSR count). The summed E-state index contributed by atoms with van der Waals surface area (Å²) in [6.45, 7) is 5.18. The lowest BCUT2D eigenvalue weighted by Crippen LogP contribution is -2.40. The molecule has 0 bridgehead atoms. The minimum absolute atomic E-state index is 0.0367. The van der Waals surface area contributed by atoms with Gasteiger partial charge in [0.2, 0.25) is 0 Å². The molecule has 0 radical (unpaired) electrons. The van der Waals surface area contributed by atoms with Gasteiger partial charge < -0.3 is 15.2 Å². The molecule has 11 heteroatoms. The van der Waals surface area contributed by atoms with Gasteiger partial charge in [-0.2, -0.15) is 0 Å². The van der Waals surface area contributed by atoms with Crippen molar-refractivity contribution in [3.05, 3.63) is 43.0 Å². The van der Waals surface area contributed by atoms with Crippen LogP contribution in [0.1, 0.15) is 38.5 Å². The van der Waals surface area contributed by atoms with E-state index in [-0.39, 0.29) is 18.9 Å². The van der Waals surface area contributed by atoms with Crippen LogP contribution in [0, 0.1) is 12.8 Å². The average Bonchev–Trinajstić information content (AvgIpc) is 3.04. The number of azide groups is 1. The quantitative estimate of drug-likeness (QED) is 0.306. The number of carbonyl (C=O) groups excluding carboxylic acids is 1. The van der Waals surface area contributed by atoms with E-state index in [1.807, 2.05) is 13.8 Å². The van der Waals surface area contributed by atoms with Crippen LogP contribution < -0.4 is 17.0 Å². The maximum atomic E-state index is 12.1. The van der Waals surface area contributed by atoms with E-state index in [1.54, 1.807) is 6.92 Å². The van der Waals surface area contributed by atoms with Gasteiger partial charge in [-0.15, -0.1) is 0 Å². The van der Waals surface area contributed by atoms with Crippen molar-refractivity contribution in [1.29, 1.82) is 0 Å². The summed E-state index contributed by atoms with van der Waals surface area (Å²) in [7, 11) is 0. The fourth-order valence-corrected chi connectivity index (χ4v) is 2.77. The molecule has 148 valence electrons. The third-order valence-corrected chi connectivity index (χ3v) is 4.78. The molecule has 0 spiro atoms. The van der Waals surface area contributed by atoms with E-state index in [1.165, 1.54) is 10.8 Å². The summed E-state index contributed by atoms with van der Waals surface area (Å²) in [4.78, 5) is 40.6. The number of carbonyl (C=O) groups is 1. The fraction of sp³-hybridized carbons (Fsp3) is 0.688. The first kappa shape index (κ1) is 20.7. The van der Waals surface area contributed by atoms with E-state index in [0.717, 1.165) is 6.42 Å². The van der Waals surface area contributed by atoms with Crippen LogP contribution in [0.4, 0.5) is 0 Å². The van der Waals surface area contributed by atoms with E-state index in [4.69, 9.17) is 20.7 Å². The second-order valence-corrected chi connectivity index (χ2v) is 6.66. The molecule has 1 aromatic rings. The zero-order chi connectivity index (χ0) is 20.1. The maximum absolute atomic E-state index is 12.1. The first-order valence-corrected chi connectivity index (χ1v) is 8.72. The number of rotatable bonds is 7. The minimum Gasteiger partial charge on any atom is -0.462 e. The van der Waals surface area contributed by atoms with Gasteiger partial charge >= 0.3 is 11.7 Å². The molecule has 0 aliphatic carbocycles. The van der Waals surface area contributed by atoms with Crippen molar-refractivity contribution in [1.82, 2.24) is 9.55 Å². The number of aromatic nitrogens is 2. The number of esters is 1. The number of aromatic amines is 1. The molecule has 5 atom stereocenters. The highest BCUT2D eigenvalue weighted by atomic mass is 16.6. The Hall–Kier alpha value is -2.62. The zero-order valence-electron chi connectivity index (χ0n) is 15.5. The van der Waals surface area contributed by atoms with Gasteiger partial charge in [-0.25, -0.2) is 4.79 Å². The lowest BCUT2D eigenvalue weighted by Gasteiger charge is -2.20. The number of H-pyrrole nitrogens is 1. The summed E-state index contributed by atoms with van der Waals surface area (Å²) in [5, 5.41) is 3.67. The molecular weight excluding hydrogens is 356 g/mol. The van der Waals surface area contributed by atoms with E-state index in [0.29, 0.717) is 5.56 Å². The van der Waals surface area contributed by atoms with Gasteiger partial charge in [0, 0.05) is 23.1 Å². The Morgan fingerprint density at radius 1 is 1.59 bits per heavy atom. The molecule has 1 aliphatic rings. The maximum Gasteiger partial charge on any atom is 0.330 e. The summed E-state index contributed by atoms with van der Waals surface area (Å²) in [5.41, 5.74) is 13.8. The molecule has 1 aliphatic heterocycles. The Bertz CT molecular complexity index is 842. The Morgan fingerprint density at radius 2 is 2.30 bits per heavy atom. The van der Waals surface area contributed by atoms with Crippen molar-refractivity contribution in [2.75, 3.05) is 6.61 Å². The third kappa shape index (κ3) is 4.76. The number of nitrogens with two attached hydrogens (primary N) is 1. The summed E-state index contributed by atoms with van der Waals surface area (Å²) in [6, 6.07) is -1.39. The van der Waals surface area contributed by atoms with E-state index >= 15 is 0 Å². The van der Waals surface area contributed by atoms with Gasteiger partial charge in [-0.3, -0.25) is 19.1 Å². The first-order valence-electron chi connectivity index (χ1n) is 8.72. The van der Waals surface area contributed by atoms with Crippen LogP contribution in [0.3, 0.4) is 0 Å². The zero-order valence-corrected chi connectivity index (χ0v) is 15.5. The molecule has 0 saturated carbocycles. The van der Waals surface area contributed by atoms with Crippen molar-refractivity contribution in [3.8, 4) is 0 Å². The standard InChI is InChI=1S/C16H24N6O5/c1-4-8(2)13(17)15(24)26-7-11-10(20-21-18)5-12(27-11)22-6-9(3)14(23)19-16(22)25/h6,8,10-13H,4-5,7,17H2,1-3H3,(H,19,23,25)/t8?,10-,11+,12+,13?/m0/s1. The molecule has 11 nitrogen and oxygen atoms in total. The number of nitrogens with zero attached hydrogens (tertiary/aromatic N) is 4. The van der Waals surface area contributed by atoms with E-state index in [9.17, 15) is 14.4 Å². The molecule has 1 aromatic heterocycles. The van der Waals surface area contributed by atoms with E-state index in [2.05, 4.69) is 15.0 Å². The number of ether oxygens (including phenoxy) is 2. The predicted octanol–water partition coefficient (Wildman–Crippen LogP) is 0.728. The normalized spacial score (nSPS) is 24.1. The monoisotopic (exact) mass is 380 g/mol. The van der Waals surface area contributed by atoms with E-state index < -0.39 is 41.6 Å². The summed E-state index contributed by atoms with van der Waals surface area (Å²) in [6.07, 6.45) is 0.837. The Balaban J connectivity index is 2.12. The van der Waals surface area contributed by atoms with Crippen molar-refractivity contribution >= 4 is 5.97 Å². The second-order valence-electron chi connectivity index (χ2n) is 6.66. The third-order valence-electron chi connectivity index (χ3n) is 4.78. The number of hydrogen-bond acceptors (Lipinski definition) is 7. The molecule has 0 amide bonds. The smallest absolute Gasteiger partial charge is 0.330 e. The van der Waals surface area contributed by atoms with Gasteiger partial charge in [0.05, 0.1) is 6.04 Å². The lowest BCUT2D eigenvalue weighted by molar-refractivity contribution is -0.151. The number of nitrogens with one attached hydrogen (secondary N) is 1. The molecular formula is C16H24N6O5. The van der Waals surface area contributed by atoms with Gasteiger partial charge in [0.25, 0.3) is 5.56 Å². The highest BCUT2D eigenvalue weighted by Gasteiger charge is 2.37. The topological polar surface area (TPSA) is 165 Å². The summed E-state index contributed by atoms with van der Waals surface area (Å²) >= 11 is 0. The Morgan fingerprint density at radius 3 is 2.93 bits per heavy atom. The van der Waals surface area contributed by atoms with Crippen LogP contribution in [0.25, 0.3) is 10.4 Å². The van der Waals surface area contributed by atoms with Crippen LogP contribution >= 0.6 is 0 Å². The van der Waals surface area contributed by atoms with Crippen LogP contribution in [0.2, 0.25) is 0 Å². The largest absolute Gasteiger partial charge is 0.462 e. The molecule has 1 saturated heterocycles. The minimum atomic E-state index is -0.755. The van der Waals surface area contributed by atoms with Gasteiger partial charge in [-0.05, 0) is 18.4 Å². The number of hydrogen-bond donors (Lipinski definition) is 2. The van der Waals surface area contributed by atoms with Crippen molar-refractivity contribution < 1.29 is 14.3 Å². The molecule has 2 heterocycles. The van der Waals surface area contributed by atoms with Crippen LogP contribution in [-0.2, 0) is 14.3 Å². The average molecular weight is 380 g/mol.